The predicted molar refractivity (Wildman–Crippen MR) is 77.9 cm³/mol. The second kappa shape index (κ2) is 8.95. The van der Waals surface area contributed by atoms with Gasteiger partial charge in [0.1, 0.15) is 0 Å². The minimum atomic E-state index is -0.705. The van der Waals surface area contributed by atoms with E-state index in [9.17, 15) is 0 Å². The Kier molecular flexibility index (Phi) is 8.92. The van der Waals surface area contributed by atoms with Gasteiger partial charge in [0.2, 0.25) is 0 Å². The van der Waals surface area contributed by atoms with E-state index < -0.39 is 7.26 Å². The lowest BCUT2D eigenvalue weighted by Crippen LogP contribution is -3.00. The van der Waals surface area contributed by atoms with Crippen LogP contribution in [0, 0.1) is 0 Å². The predicted octanol–water partition coefficient (Wildman–Crippen LogP) is 2.05. The molecule has 0 aliphatic carbocycles. The summed E-state index contributed by atoms with van der Waals surface area (Å²) in [5, 5.41) is 0. The molecule has 0 aromatic heterocycles. The fourth-order valence-electron chi connectivity index (χ4n) is 2.12. The Labute approximate surface area is 114 Å². The van der Waals surface area contributed by atoms with E-state index in [-0.39, 0.29) is 12.4 Å². The molecule has 0 aliphatic rings. The normalized spacial score (nSPS) is 11.0. The molecule has 0 heterocycles. The van der Waals surface area contributed by atoms with E-state index >= 15 is 0 Å². The molecular weight excluding hydrogens is 247 g/mol. The first-order valence-corrected chi connectivity index (χ1v) is 9.55. The molecular formula is C15H26ClP. The Balaban J connectivity index is 0.00000256. The van der Waals surface area contributed by atoms with E-state index in [1.165, 1.54) is 43.6 Å². The number of halogens is 1. The van der Waals surface area contributed by atoms with Crippen LogP contribution in [0.5, 0.6) is 0 Å². The highest BCUT2D eigenvalue weighted by molar-refractivity contribution is 7.73. The molecule has 0 saturated carbocycles. The van der Waals surface area contributed by atoms with Crippen molar-refractivity contribution in [1.29, 1.82) is 0 Å². The molecule has 0 aliphatic heterocycles. The fraction of sp³-hybridized carbons (Fsp3) is 0.600. The van der Waals surface area contributed by atoms with Crippen LogP contribution in [0.1, 0.15) is 38.2 Å². The molecule has 0 spiro atoms. The van der Waals surface area contributed by atoms with Gasteiger partial charge in [-0.2, -0.15) is 0 Å². The van der Waals surface area contributed by atoms with Crippen LogP contribution in [0.25, 0.3) is 0 Å². The summed E-state index contributed by atoms with van der Waals surface area (Å²) in [5.41, 5.74) is 1.52. The zero-order valence-electron chi connectivity index (χ0n) is 11.5. The van der Waals surface area contributed by atoms with Crippen LogP contribution < -0.4 is 12.4 Å². The SMILES string of the molecule is CCCCCC[P+](C)(C)Cc1ccccc1.[Cl-]. The van der Waals surface area contributed by atoms with Crippen LogP contribution in [0.15, 0.2) is 30.3 Å². The van der Waals surface area contributed by atoms with Gasteiger partial charge in [-0.05, 0) is 18.4 Å². The van der Waals surface area contributed by atoms with Crippen molar-refractivity contribution in [2.45, 2.75) is 38.8 Å². The Hall–Kier alpha value is -0.0600. The smallest absolute Gasteiger partial charge is 0.0837 e. The molecule has 0 amide bonds. The highest BCUT2D eigenvalue weighted by Gasteiger charge is 2.24. The maximum atomic E-state index is 2.51. The van der Waals surface area contributed by atoms with Crippen molar-refractivity contribution in [3.8, 4) is 0 Å². The average molecular weight is 273 g/mol. The minimum Gasteiger partial charge on any atom is -1.00 e. The first-order valence-electron chi connectivity index (χ1n) is 6.50. The number of benzene rings is 1. The van der Waals surface area contributed by atoms with Gasteiger partial charge in [0.05, 0.1) is 12.3 Å². The summed E-state index contributed by atoms with van der Waals surface area (Å²) in [6.07, 6.45) is 8.39. The molecule has 98 valence electrons. The highest BCUT2D eigenvalue weighted by atomic mass is 35.5. The summed E-state index contributed by atoms with van der Waals surface area (Å²) in [6, 6.07) is 11.0. The van der Waals surface area contributed by atoms with Crippen molar-refractivity contribution in [2.75, 3.05) is 19.5 Å². The molecule has 0 bridgehead atoms. The average Bonchev–Trinajstić information content (AvgIpc) is 2.25. The lowest BCUT2D eigenvalue weighted by atomic mass is 10.2. The zero-order valence-corrected chi connectivity index (χ0v) is 13.1. The lowest BCUT2D eigenvalue weighted by Gasteiger charge is -2.18. The monoisotopic (exact) mass is 272 g/mol. The molecule has 0 nitrogen and oxygen atoms in total. The molecule has 0 saturated heterocycles. The largest absolute Gasteiger partial charge is 1.00 e. The van der Waals surface area contributed by atoms with Crippen molar-refractivity contribution in [1.82, 2.24) is 0 Å². The van der Waals surface area contributed by atoms with Crippen LogP contribution in [-0.2, 0) is 6.16 Å². The third kappa shape index (κ3) is 7.79. The molecule has 1 rings (SSSR count). The first-order chi connectivity index (χ1) is 7.64. The molecule has 0 unspecified atom stereocenters. The second-order valence-electron chi connectivity index (χ2n) is 5.36. The topological polar surface area (TPSA) is 0 Å². The molecule has 2 heteroatoms. The van der Waals surface area contributed by atoms with E-state index in [4.69, 9.17) is 0 Å². The van der Waals surface area contributed by atoms with Crippen LogP contribution in [0.3, 0.4) is 0 Å². The third-order valence-electron chi connectivity index (χ3n) is 3.07. The Morgan fingerprint density at radius 3 is 2.18 bits per heavy atom. The van der Waals surface area contributed by atoms with Gasteiger partial charge in [-0.1, -0.05) is 50.1 Å². The molecule has 1 aromatic rings. The summed E-state index contributed by atoms with van der Waals surface area (Å²) in [7, 11) is -0.705. The molecule has 0 fully saturated rings. The highest BCUT2D eigenvalue weighted by Crippen LogP contribution is 2.54. The Bertz CT molecular complexity index is 282. The van der Waals surface area contributed by atoms with Crippen molar-refractivity contribution >= 4 is 7.26 Å². The Morgan fingerprint density at radius 1 is 0.941 bits per heavy atom. The van der Waals surface area contributed by atoms with Gasteiger partial charge in [-0.15, -0.1) is 0 Å². The van der Waals surface area contributed by atoms with Gasteiger partial charge in [0.25, 0.3) is 0 Å². The summed E-state index contributed by atoms with van der Waals surface area (Å²) >= 11 is 0. The van der Waals surface area contributed by atoms with Crippen molar-refractivity contribution in [3.05, 3.63) is 35.9 Å². The summed E-state index contributed by atoms with van der Waals surface area (Å²) in [4.78, 5) is 0. The molecule has 17 heavy (non-hydrogen) atoms. The number of unbranched alkanes of at least 4 members (excludes halogenated alkanes) is 3. The summed E-state index contributed by atoms with van der Waals surface area (Å²) in [6.45, 7) is 7.29. The van der Waals surface area contributed by atoms with Crippen LogP contribution in [-0.4, -0.2) is 19.5 Å². The summed E-state index contributed by atoms with van der Waals surface area (Å²) in [5.74, 6) is 0. The van der Waals surface area contributed by atoms with E-state index in [0.29, 0.717) is 0 Å². The van der Waals surface area contributed by atoms with Crippen molar-refractivity contribution in [2.24, 2.45) is 0 Å². The van der Waals surface area contributed by atoms with Crippen LogP contribution in [0.2, 0.25) is 0 Å². The number of hydrogen-bond acceptors (Lipinski definition) is 0. The van der Waals surface area contributed by atoms with E-state index in [0.717, 1.165) is 0 Å². The minimum absolute atomic E-state index is 0. The van der Waals surface area contributed by atoms with E-state index in [2.05, 4.69) is 50.6 Å². The van der Waals surface area contributed by atoms with Gasteiger partial charge < -0.3 is 12.4 Å². The van der Waals surface area contributed by atoms with Gasteiger partial charge in [-0.25, -0.2) is 0 Å². The number of hydrogen-bond donors (Lipinski definition) is 0. The quantitative estimate of drug-likeness (QED) is 0.526. The van der Waals surface area contributed by atoms with Gasteiger partial charge >= 0.3 is 0 Å². The van der Waals surface area contributed by atoms with E-state index in [1.54, 1.807) is 0 Å². The van der Waals surface area contributed by atoms with E-state index in [1.807, 2.05) is 0 Å². The first kappa shape index (κ1) is 16.9. The lowest BCUT2D eigenvalue weighted by molar-refractivity contribution is -0.00000370. The molecule has 0 atom stereocenters. The molecule has 1 aromatic carbocycles. The van der Waals surface area contributed by atoms with Gasteiger partial charge in [0.15, 0.2) is 0 Å². The van der Waals surface area contributed by atoms with Crippen molar-refractivity contribution in [3.63, 3.8) is 0 Å². The zero-order chi connectivity index (χ0) is 11.9. The molecule has 0 radical (unpaired) electrons. The molecule has 0 N–H and O–H groups in total. The van der Waals surface area contributed by atoms with Gasteiger partial charge in [-0.3, -0.25) is 0 Å². The van der Waals surface area contributed by atoms with Crippen LogP contribution >= 0.6 is 7.26 Å². The van der Waals surface area contributed by atoms with Crippen LogP contribution in [0.4, 0.5) is 0 Å². The Morgan fingerprint density at radius 2 is 1.59 bits per heavy atom. The maximum absolute atomic E-state index is 2.51. The maximum Gasteiger partial charge on any atom is 0.0837 e. The summed E-state index contributed by atoms with van der Waals surface area (Å²) < 4.78 is 0. The van der Waals surface area contributed by atoms with Gasteiger partial charge in [0, 0.05) is 20.6 Å². The standard InChI is InChI=1S/C15H26P.ClH/c1-4-5-6-10-13-16(2,3)14-15-11-8-7-9-12-15;/h7-9,11-12H,4-6,10,13-14H2,1-3H3;1H/q+1;/p-1. The second-order valence-corrected chi connectivity index (χ2v) is 10.00. The van der Waals surface area contributed by atoms with Crippen molar-refractivity contribution < 1.29 is 12.4 Å². The fourth-order valence-corrected chi connectivity index (χ4v) is 4.56. The third-order valence-corrected chi connectivity index (χ3v) is 5.82. The number of rotatable bonds is 7.